The highest BCUT2D eigenvalue weighted by Gasteiger charge is 2.39. The van der Waals surface area contributed by atoms with Crippen molar-refractivity contribution >= 4 is 29.1 Å². The van der Waals surface area contributed by atoms with E-state index in [0.29, 0.717) is 56.0 Å². The van der Waals surface area contributed by atoms with Crippen LogP contribution in [-0.4, -0.2) is 39.2 Å². The summed E-state index contributed by atoms with van der Waals surface area (Å²) in [5.41, 5.74) is 3.62. The highest BCUT2D eigenvalue weighted by Crippen LogP contribution is 2.46. The molecule has 268 valence electrons. The van der Waals surface area contributed by atoms with Crippen molar-refractivity contribution in [3.05, 3.63) is 148 Å². The number of hydrogen-bond acceptors (Lipinski definition) is 7. The number of nitrogens with zero attached hydrogens (tertiary/aromatic N) is 1. The van der Waals surface area contributed by atoms with Crippen molar-refractivity contribution in [2.75, 3.05) is 26.2 Å². The number of halogens is 2. The lowest BCUT2D eigenvalue weighted by Crippen LogP contribution is -2.41. The van der Waals surface area contributed by atoms with E-state index in [1.54, 1.807) is 66.6 Å². The largest absolute Gasteiger partial charge is 0.497 e. The number of para-hydroxylation sites is 1. The molecule has 0 unspecified atom stereocenters. The van der Waals surface area contributed by atoms with E-state index in [-0.39, 0.29) is 26.1 Å². The minimum atomic E-state index is -1.28. The molecular formula is C41H38ClFN2O7. The van der Waals surface area contributed by atoms with Gasteiger partial charge in [-0.05, 0) is 48.0 Å². The lowest BCUT2D eigenvalue weighted by atomic mass is 9.97. The van der Waals surface area contributed by atoms with Gasteiger partial charge in [-0.1, -0.05) is 72.3 Å². The van der Waals surface area contributed by atoms with Crippen LogP contribution in [0.2, 0.25) is 5.02 Å². The molecule has 1 heterocycles. The fraction of sp³-hybridized carbons (Fsp3) is 0.220. The first-order valence-corrected chi connectivity index (χ1v) is 17.0. The lowest BCUT2D eigenvalue weighted by Gasteiger charge is -2.26. The number of methoxy groups -OCH3 is 3. The standard InChI is InChI=1S/C41H38ClFN2O7/c1-48-30-18-16-28(36(21-30)49-2)24-45-34-19-17-29(42)20-32(34)39(31-13-9-15-35(40(31)50-3)51-25-26-10-5-4-6-11-26)52-37(41(45)47)22-38(46)44-23-27-12-7-8-14-33(27)43/h4-21,37,39H,22-25H2,1-3H3,(H,44,46)/t37-,39-/m0/s1. The summed E-state index contributed by atoms with van der Waals surface area (Å²) in [6, 6.07) is 31.8. The quantitative estimate of drug-likeness (QED) is 0.132. The van der Waals surface area contributed by atoms with Gasteiger partial charge in [0, 0.05) is 39.9 Å². The SMILES string of the molecule is COc1ccc(CN2C(=O)[C@H](CC(=O)NCc3ccccc3F)O[C@@H](c3cccc(OCc4ccccc4)c3OC)c3cc(Cl)ccc32)c(OC)c1. The van der Waals surface area contributed by atoms with Gasteiger partial charge in [-0.25, -0.2) is 4.39 Å². The maximum Gasteiger partial charge on any atom is 0.257 e. The molecule has 0 radical (unpaired) electrons. The Morgan fingerprint density at radius 3 is 2.37 bits per heavy atom. The molecule has 5 aromatic rings. The molecule has 6 rings (SSSR count). The number of anilines is 1. The third-order valence-electron chi connectivity index (χ3n) is 8.77. The fourth-order valence-electron chi connectivity index (χ4n) is 6.14. The molecule has 0 aromatic heterocycles. The summed E-state index contributed by atoms with van der Waals surface area (Å²) in [5, 5.41) is 3.16. The summed E-state index contributed by atoms with van der Waals surface area (Å²) in [4.78, 5) is 29.7. The minimum absolute atomic E-state index is 0.0624. The van der Waals surface area contributed by atoms with Crippen molar-refractivity contribution < 1.29 is 37.7 Å². The van der Waals surface area contributed by atoms with Gasteiger partial charge in [-0.2, -0.15) is 0 Å². The Balaban J connectivity index is 1.41. The average molecular weight is 725 g/mol. The Morgan fingerprint density at radius 2 is 1.62 bits per heavy atom. The van der Waals surface area contributed by atoms with Crippen LogP contribution in [0.3, 0.4) is 0 Å². The fourth-order valence-corrected chi connectivity index (χ4v) is 6.33. The van der Waals surface area contributed by atoms with Crippen molar-refractivity contribution in [1.29, 1.82) is 0 Å². The molecule has 9 nitrogen and oxygen atoms in total. The van der Waals surface area contributed by atoms with Gasteiger partial charge in [-0.3, -0.25) is 9.59 Å². The number of amides is 2. The van der Waals surface area contributed by atoms with E-state index < -0.39 is 29.8 Å². The zero-order valence-corrected chi connectivity index (χ0v) is 29.7. The number of carbonyl (C=O) groups excluding carboxylic acids is 2. The number of hydrogen-bond donors (Lipinski definition) is 1. The smallest absolute Gasteiger partial charge is 0.257 e. The second kappa shape index (κ2) is 16.6. The van der Waals surface area contributed by atoms with Crippen molar-refractivity contribution in [3.8, 4) is 23.0 Å². The van der Waals surface area contributed by atoms with E-state index in [4.69, 9.17) is 35.3 Å². The Bertz CT molecular complexity index is 2040. The first-order valence-electron chi connectivity index (χ1n) is 16.6. The average Bonchev–Trinajstić information content (AvgIpc) is 3.27. The van der Waals surface area contributed by atoms with Gasteiger partial charge in [0.2, 0.25) is 5.91 Å². The van der Waals surface area contributed by atoms with Crippen LogP contribution in [0.25, 0.3) is 0 Å². The van der Waals surface area contributed by atoms with Gasteiger partial charge in [0.15, 0.2) is 11.5 Å². The van der Waals surface area contributed by atoms with E-state index in [1.807, 2.05) is 48.5 Å². The van der Waals surface area contributed by atoms with Gasteiger partial charge in [0.1, 0.15) is 36.1 Å². The number of fused-ring (bicyclic) bond motifs is 1. The monoisotopic (exact) mass is 724 g/mol. The van der Waals surface area contributed by atoms with E-state index in [1.165, 1.54) is 20.3 Å². The normalized spacial score (nSPS) is 15.3. The molecule has 0 saturated heterocycles. The van der Waals surface area contributed by atoms with Crippen LogP contribution in [0.4, 0.5) is 10.1 Å². The Hall–Kier alpha value is -5.58. The topological polar surface area (TPSA) is 95.6 Å². The zero-order chi connectivity index (χ0) is 36.6. The molecule has 0 saturated carbocycles. The third-order valence-corrected chi connectivity index (χ3v) is 9.00. The van der Waals surface area contributed by atoms with Crippen LogP contribution in [-0.2, 0) is 34.0 Å². The van der Waals surface area contributed by atoms with Crippen molar-refractivity contribution in [3.63, 3.8) is 0 Å². The highest BCUT2D eigenvalue weighted by molar-refractivity contribution is 6.30. The van der Waals surface area contributed by atoms with Gasteiger partial charge < -0.3 is 33.9 Å². The minimum Gasteiger partial charge on any atom is -0.497 e. The molecule has 1 N–H and O–H groups in total. The van der Waals surface area contributed by atoms with E-state index in [9.17, 15) is 14.0 Å². The van der Waals surface area contributed by atoms with Crippen molar-refractivity contribution in [2.24, 2.45) is 0 Å². The molecule has 11 heteroatoms. The predicted molar refractivity (Wildman–Crippen MR) is 196 cm³/mol. The first kappa shape index (κ1) is 36.2. The molecule has 0 fully saturated rings. The molecule has 1 aliphatic heterocycles. The van der Waals surface area contributed by atoms with E-state index >= 15 is 0 Å². The van der Waals surface area contributed by atoms with Gasteiger partial charge in [0.05, 0.1) is 40.0 Å². The van der Waals surface area contributed by atoms with Crippen LogP contribution in [0.5, 0.6) is 23.0 Å². The molecular weight excluding hydrogens is 687 g/mol. The summed E-state index contributed by atoms with van der Waals surface area (Å²) >= 11 is 6.62. The molecule has 1 aliphatic rings. The maximum atomic E-state index is 14.6. The third kappa shape index (κ3) is 8.14. The van der Waals surface area contributed by atoms with Crippen molar-refractivity contribution in [2.45, 2.75) is 38.3 Å². The molecule has 2 amide bonds. The first-order chi connectivity index (χ1) is 25.3. The maximum absolute atomic E-state index is 14.6. The van der Waals surface area contributed by atoms with Crippen LogP contribution < -0.4 is 29.2 Å². The van der Waals surface area contributed by atoms with Gasteiger partial charge >= 0.3 is 0 Å². The summed E-state index contributed by atoms with van der Waals surface area (Å²) in [6.45, 7) is 0.295. The molecule has 2 atom stereocenters. The zero-order valence-electron chi connectivity index (χ0n) is 28.9. The van der Waals surface area contributed by atoms with Crippen LogP contribution >= 0.6 is 11.6 Å². The van der Waals surface area contributed by atoms with E-state index in [2.05, 4.69) is 5.32 Å². The molecule has 5 aromatic carbocycles. The lowest BCUT2D eigenvalue weighted by molar-refractivity contribution is -0.138. The van der Waals surface area contributed by atoms with Gasteiger partial charge in [0.25, 0.3) is 5.91 Å². The number of benzene rings is 5. The summed E-state index contributed by atoms with van der Waals surface area (Å²) < 4.78 is 44.3. The highest BCUT2D eigenvalue weighted by atomic mass is 35.5. The Kier molecular flexibility index (Phi) is 11.6. The number of ether oxygens (including phenoxy) is 5. The van der Waals surface area contributed by atoms with Crippen LogP contribution in [0.1, 0.15) is 40.3 Å². The van der Waals surface area contributed by atoms with Crippen LogP contribution in [0.15, 0.2) is 109 Å². The molecule has 0 aliphatic carbocycles. The summed E-state index contributed by atoms with van der Waals surface area (Å²) in [5.74, 6) is 0.537. The van der Waals surface area contributed by atoms with Crippen LogP contribution in [0, 0.1) is 5.82 Å². The Morgan fingerprint density at radius 1 is 0.827 bits per heavy atom. The second-order valence-corrected chi connectivity index (χ2v) is 12.5. The molecule has 0 spiro atoms. The summed E-state index contributed by atoms with van der Waals surface area (Å²) in [6.07, 6.45) is -2.56. The summed E-state index contributed by atoms with van der Waals surface area (Å²) in [7, 11) is 4.63. The van der Waals surface area contributed by atoms with Gasteiger partial charge in [-0.15, -0.1) is 0 Å². The second-order valence-electron chi connectivity index (χ2n) is 12.0. The molecule has 0 bridgehead atoms. The number of nitrogens with one attached hydrogen (secondary N) is 1. The Labute approximate surface area is 306 Å². The number of rotatable bonds is 13. The molecule has 52 heavy (non-hydrogen) atoms. The number of carbonyl (C=O) groups is 2. The predicted octanol–water partition coefficient (Wildman–Crippen LogP) is 7.81. The van der Waals surface area contributed by atoms with Crippen molar-refractivity contribution in [1.82, 2.24) is 5.32 Å². The van der Waals surface area contributed by atoms with E-state index in [0.717, 1.165) is 5.56 Å².